The third-order valence-electron chi connectivity index (χ3n) is 5.04. The van der Waals surface area contributed by atoms with Crippen LogP contribution >= 0.6 is 0 Å². The zero-order valence-corrected chi connectivity index (χ0v) is 14.3. The van der Waals surface area contributed by atoms with E-state index in [0.717, 1.165) is 0 Å². The summed E-state index contributed by atoms with van der Waals surface area (Å²) < 4.78 is 0. The molecular weight excluding hydrogens is 256 g/mol. The van der Waals surface area contributed by atoms with Gasteiger partial charge < -0.3 is 0 Å². The average Bonchev–Trinajstić information content (AvgIpc) is 3.00. The second-order valence-electron chi connectivity index (χ2n) is 5.90. The molecule has 1 aromatic rings. The fourth-order valence-corrected chi connectivity index (χ4v) is 7.43. The molecule has 0 saturated carbocycles. The Bertz CT molecular complexity index is 480. The first-order chi connectivity index (χ1) is 9.67. The maximum Gasteiger partial charge on any atom is 0.101 e. The molecule has 0 bridgehead atoms. The molecule has 0 fully saturated rings. The van der Waals surface area contributed by atoms with Crippen LogP contribution in [0.2, 0.25) is 12.1 Å². The van der Waals surface area contributed by atoms with Crippen molar-refractivity contribution in [2.75, 3.05) is 0 Å². The highest BCUT2D eigenvalue weighted by Crippen LogP contribution is 2.35. The monoisotopic (exact) mass is 283 g/mol. The summed E-state index contributed by atoms with van der Waals surface area (Å²) in [7, 11) is -1.53. The SMILES string of the molecule is CCC(C)C1=C[C]([Si](CC)(CC)c2ccccc2)C=C1. The molecule has 1 aromatic carbocycles. The quantitative estimate of drug-likeness (QED) is 0.642. The van der Waals surface area contributed by atoms with E-state index in [1.807, 2.05) is 0 Å². The van der Waals surface area contributed by atoms with E-state index in [0.29, 0.717) is 5.92 Å². The molecule has 2 rings (SSSR count). The van der Waals surface area contributed by atoms with Crippen LogP contribution in [0.4, 0.5) is 0 Å². The second-order valence-corrected chi connectivity index (χ2v) is 10.6. The Hall–Kier alpha value is -1.08. The first kappa shape index (κ1) is 15.3. The van der Waals surface area contributed by atoms with Gasteiger partial charge in [-0.3, -0.25) is 0 Å². The molecule has 0 heterocycles. The van der Waals surface area contributed by atoms with Gasteiger partial charge in [0.05, 0.1) is 0 Å². The molecule has 0 nitrogen and oxygen atoms in total. The highest BCUT2D eigenvalue weighted by molar-refractivity contribution is 6.97. The van der Waals surface area contributed by atoms with Crippen LogP contribution in [0, 0.1) is 11.5 Å². The predicted molar refractivity (Wildman–Crippen MR) is 92.7 cm³/mol. The number of allylic oxidation sites excluding steroid dienone is 4. The summed E-state index contributed by atoms with van der Waals surface area (Å²) in [6, 6.07) is 13.8. The molecule has 0 aromatic heterocycles. The van der Waals surface area contributed by atoms with Crippen molar-refractivity contribution in [3.05, 3.63) is 59.7 Å². The summed E-state index contributed by atoms with van der Waals surface area (Å²) >= 11 is 0. The molecule has 0 aliphatic heterocycles. The minimum Gasteiger partial charge on any atom is -0.0757 e. The van der Waals surface area contributed by atoms with E-state index in [2.05, 4.69) is 76.3 Å². The van der Waals surface area contributed by atoms with E-state index < -0.39 is 8.07 Å². The number of rotatable bonds is 6. The predicted octanol–water partition coefficient (Wildman–Crippen LogP) is 5.04. The van der Waals surface area contributed by atoms with Gasteiger partial charge in [0.15, 0.2) is 0 Å². The average molecular weight is 284 g/mol. The van der Waals surface area contributed by atoms with E-state index in [4.69, 9.17) is 0 Å². The van der Waals surface area contributed by atoms with Crippen molar-refractivity contribution in [2.24, 2.45) is 5.92 Å². The molecule has 20 heavy (non-hydrogen) atoms. The van der Waals surface area contributed by atoms with E-state index in [1.165, 1.54) is 24.1 Å². The standard InChI is InChI=1S/C19H27Si/c1-5-16(4)17-13-14-19(15-17)20(6-2,7-3)18-11-9-8-10-12-18/h8-16H,5-7H2,1-4H3. The smallest absolute Gasteiger partial charge is 0.0757 e. The lowest BCUT2D eigenvalue weighted by molar-refractivity contribution is 0.672. The van der Waals surface area contributed by atoms with Crippen molar-refractivity contribution in [1.82, 2.24) is 0 Å². The van der Waals surface area contributed by atoms with Crippen LogP contribution in [0.3, 0.4) is 0 Å². The van der Waals surface area contributed by atoms with Crippen LogP contribution in [0.1, 0.15) is 34.1 Å². The second kappa shape index (κ2) is 6.58. The van der Waals surface area contributed by atoms with Gasteiger partial charge in [0.1, 0.15) is 8.07 Å². The molecule has 1 radical (unpaired) electrons. The molecule has 0 amide bonds. The largest absolute Gasteiger partial charge is 0.101 e. The Kier molecular flexibility index (Phi) is 5.04. The summed E-state index contributed by atoms with van der Waals surface area (Å²) in [6.07, 6.45) is 8.50. The Balaban J connectivity index is 2.36. The van der Waals surface area contributed by atoms with Crippen molar-refractivity contribution in [3.63, 3.8) is 0 Å². The highest BCUT2D eigenvalue weighted by Gasteiger charge is 2.39. The van der Waals surface area contributed by atoms with Crippen molar-refractivity contribution in [3.8, 4) is 0 Å². The van der Waals surface area contributed by atoms with Gasteiger partial charge in [0.2, 0.25) is 0 Å². The van der Waals surface area contributed by atoms with Gasteiger partial charge >= 0.3 is 0 Å². The van der Waals surface area contributed by atoms with Crippen molar-refractivity contribution < 1.29 is 0 Å². The molecule has 1 unspecified atom stereocenters. The first-order valence-electron chi connectivity index (χ1n) is 8.00. The van der Waals surface area contributed by atoms with E-state index in [-0.39, 0.29) is 0 Å². The van der Waals surface area contributed by atoms with Gasteiger partial charge in [0, 0.05) is 5.54 Å². The first-order valence-corrected chi connectivity index (χ1v) is 10.4. The van der Waals surface area contributed by atoms with Gasteiger partial charge in [-0.25, -0.2) is 0 Å². The summed E-state index contributed by atoms with van der Waals surface area (Å²) in [5.74, 6) is 0.680. The molecule has 1 atom stereocenters. The maximum absolute atomic E-state index is 2.50. The highest BCUT2D eigenvalue weighted by atomic mass is 28.3. The van der Waals surface area contributed by atoms with Crippen molar-refractivity contribution >= 4 is 13.3 Å². The molecule has 0 N–H and O–H groups in total. The minimum atomic E-state index is -1.53. The number of hydrogen-bond donors (Lipinski definition) is 0. The van der Waals surface area contributed by atoms with E-state index in [1.54, 1.807) is 10.7 Å². The van der Waals surface area contributed by atoms with Gasteiger partial charge in [-0.05, 0) is 17.9 Å². The molecular formula is C19H27Si. The topological polar surface area (TPSA) is 0 Å². The van der Waals surface area contributed by atoms with Gasteiger partial charge in [-0.2, -0.15) is 0 Å². The maximum atomic E-state index is 2.50. The normalized spacial score (nSPS) is 17.3. The fraction of sp³-hybridized carbons (Fsp3) is 0.421. The molecule has 107 valence electrons. The van der Waals surface area contributed by atoms with Gasteiger partial charge in [-0.1, -0.05) is 93.5 Å². The number of benzene rings is 1. The molecule has 1 aliphatic rings. The third-order valence-corrected chi connectivity index (χ3v) is 10.3. The fourth-order valence-electron chi connectivity index (χ4n) is 3.29. The van der Waals surface area contributed by atoms with Crippen LogP contribution < -0.4 is 5.19 Å². The summed E-state index contributed by atoms with van der Waals surface area (Å²) in [6.45, 7) is 9.36. The Morgan fingerprint density at radius 3 is 2.15 bits per heavy atom. The van der Waals surface area contributed by atoms with Crippen LogP contribution in [0.15, 0.2) is 54.1 Å². The molecule has 1 heteroatoms. The molecule has 0 saturated heterocycles. The minimum absolute atomic E-state index is 0.680. The van der Waals surface area contributed by atoms with Crippen molar-refractivity contribution in [2.45, 2.75) is 46.2 Å². The lowest BCUT2D eigenvalue weighted by Crippen LogP contribution is -2.51. The third kappa shape index (κ3) is 2.69. The Morgan fingerprint density at radius 2 is 1.60 bits per heavy atom. The summed E-state index contributed by atoms with van der Waals surface area (Å²) in [4.78, 5) is 0. The van der Waals surface area contributed by atoms with Crippen molar-refractivity contribution in [1.29, 1.82) is 0 Å². The molecule has 0 spiro atoms. The lowest BCUT2D eigenvalue weighted by atomic mass is 10.0. The lowest BCUT2D eigenvalue weighted by Gasteiger charge is -2.34. The van der Waals surface area contributed by atoms with Gasteiger partial charge in [-0.15, -0.1) is 0 Å². The van der Waals surface area contributed by atoms with E-state index in [9.17, 15) is 0 Å². The zero-order chi connectivity index (χ0) is 14.6. The molecule has 1 aliphatic carbocycles. The van der Waals surface area contributed by atoms with Crippen LogP contribution in [0.5, 0.6) is 0 Å². The van der Waals surface area contributed by atoms with E-state index >= 15 is 0 Å². The van der Waals surface area contributed by atoms with Crippen LogP contribution in [-0.4, -0.2) is 8.07 Å². The van der Waals surface area contributed by atoms with Crippen LogP contribution in [0.25, 0.3) is 0 Å². The zero-order valence-electron chi connectivity index (χ0n) is 13.3. The Labute approximate surface area is 125 Å². The van der Waals surface area contributed by atoms with Crippen LogP contribution in [-0.2, 0) is 0 Å². The van der Waals surface area contributed by atoms with Gasteiger partial charge in [0.25, 0.3) is 0 Å². The Morgan fingerprint density at radius 1 is 0.950 bits per heavy atom. The summed E-state index contributed by atoms with van der Waals surface area (Å²) in [5, 5.41) is 1.59. The number of hydrogen-bond acceptors (Lipinski definition) is 0. The summed E-state index contributed by atoms with van der Waals surface area (Å²) in [5.41, 5.74) is 3.15.